The van der Waals surface area contributed by atoms with Gasteiger partial charge < -0.3 is 0 Å². The summed E-state index contributed by atoms with van der Waals surface area (Å²) in [6.07, 6.45) is -9.57. The SMILES string of the molecule is FC(F)(F)C(=S)SSC(=S)C(F)(F)F. The number of rotatable bonds is 0. The molecule has 0 aliphatic heterocycles. The van der Waals surface area contributed by atoms with E-state index >= 15 is 0 Å². The highest BCUT2D eigenvalue weighted by molar-refractivity contribution is 8.89. The van der Waals surface area contributed by atoms with E-state index < -0.39 is 20.7 Å². The number of thiocarbonyl (C=S) groups is 2. The van der Waals surface area contributed by atoms with Crippen LogP contribution >= 0.6 is 46.0 Å². The Hall–Kier alpha value is 0.460. The van der Waals surface area contributed by atoms with Crippen LogP contribution in [0, 0.1) is 0 Å². The third-order valence-corrected chi connectivity index (χ3v) is 4.35. The molecule has 0 heterocycles. The van der Waals surface area contributed by atoms with Gasteiger partial charge in [0.25, 0.3) is 0 Å². The minimum atomic E-state index is -4.78. The normalized spacial score (nSPS) is 12.7. The van der Waals surface area contributed by atoms with Crippen molar-refractivity contribution in [3.63, 3.8) is 0 Å². The van der Waals surface area contributed by atoms with E-state index in [1.807, 2.05) is 0 Å². The van der Waals surface area contributed by atoms with Crippen molar-refractivity contribution >= 4 is 54.4 Å². The lowest BCUT2D eigenvalue weighted by Gasteiger charge is -2.08. The molecule has 0 fully saturated rings. The van der Waals surface area contributed by atoms with Crippen molar-refractivity contribution in [2.75, 3.05) is 0 Å². The summed E-state index contributed by atoms with van der Waals surface area (Å²) < 4.78 is 67.2. The molecule has 0 aromatic carbocycles. The first kappa shape index (κ1) is 14.5. The minimum Gasteiger partial charge on any atom is -0.165 e. The second-order valence-corrected chi connectivity index (χ2v) is 5.22. The summed E-state index contributed by atoms with van der Waals surface area (Å²) in [6.45, 7) is 0. The van der Waals surface area contributed by atoms with Gasteiger partial charge in [0.2, 0.25) is 0 Å². The molecule has 82 valence electrons. The summed E-state index contributed by atoms with van der Waals surface area (Å²) >= 11 is 7.65. The summed E-state index contributed by atoms with van der Waals surface area (Å²) in [6, 6.07) is 0. The maximum atomic E-state index is 11.7. The molecule has 0 radical (unpaired) electrons. The highest BCUT2D eigenvalue weighted by atomic mass is 33.1. The third kappa shape index (κ3) is 5.37. The maximum absolute atomic E-state index is 11.7. The van der Waals surface area contributed by atoms with E-state index in [-0.39, 0.29) is 21.6 Å². The third-order valence-electron chi connectivity index (χ3n) is 0.656. The standard InChI is InChI=1S/C4F6S4/c5-3(6,7)1(11)13-14-2(12)4(8,9)10. The van der Waals surface area contributed by atoms with Crippen LogP contribution < -0.4 is 0 Å². The van der Waals surface area contributed by atoms with Crippen molar-refractivity contribution in [3.8, 4) is 0 Å². The predicted octanol–water partition coefficient (Wildman–Crippen LogP) is 4.15. The van der Waals surface area contributed by atoms with Crippen LogP contribution in [-0.2, 0) is 0 Å². The summed E-state index contributed by atoms with van der Waals surface area (Å²) in [7, 11) is -0.439. The van der Waals surface area contributed by atoms with Crippen LogP contribution in [-0.4, -0.2) is 20.7 Å². The highest BCUT2D eigenvalue weighted by Crippen LogP contribution is 2.38. The predicted molar refractivity (Wildman–Crippen MR) is 52.5 cm³/mol. The molecule has 10 heteroatoms. The monoisotopic (exact) mass is 290 g/mol. The molecule has 0 unspecified atom stereocenters. The molecule has 0 spiro atoms. The maximum Gasteiger partial charge on any atom is 0.433 e. The second-order valence-electron chi connectivity index (χ2n) is 1.74. The van der Waals surface area contributed by atoms with Gasteiger partial charge in [0.1, 0.15) is 0 Å². The highest BCUT2D eigenvalue weighted by Gasteiger charge is 2.39. The Bertz CT molecular complexity index is 213. The Balaban J connectivity index is 4.10. The smallest absolute Gasteiger partial charge is 0.165 e. The second kappa shape index (κ2) is 4.99. The Morgan fingerprint density at radius 3 is 1.07 bits per heavy atom. The fourth-order valence-corrected chi connectivity index (χ4v) is 2.14. The first-order chi connectivity index (χ1) is 6.05. The fraction of sp³-hybridized carbons (Fsp3) is 0.500. The average Bonchev–Trinajstić information content (AvgIpc) is 1.95. The molecule has 0 saturated carbocycles. The first-order valence-electron chi connectivity index (χ1n) is 2.62. The van der Waals surface area contributed by atoms with Crippen molar-refractivity contribution in [1.82, 2.24) is 0 Å². The number of hydrogen-bond donors (Lipinski definition) is 0. The van der Waals surface area contributed by atoms with Gasteiger partial charge in [-0.15, -0.1) is 0 Å². The molecule has 0 rings (SSSR count). The zero-order valence-electron chi connectivity index (χ0n) is 5.90. The summed E-state index contributed by atoms with van der Waals surface area (Å²) in [5.41, 5.74) is 0. The number of halogens is 6. The lowest BCUT2D eigenvalue weighted by atomic mass is 10.8. The van der Waals surface area contributed by atoms with Gasteiger partial charge in [-0.3, -0.25) is 0 Å². The van der Waals surface area contributed by atoms with Gasteiger partial charge in [0, 0.05) is 0 Å². The van der Waals surface area contributed by atoms with Gasteiger partial charge in [-0.05, 0) is 21.6 Å². The molecule has 0 atom stereocenters. The lowest BCUT2D eigenvalue weighted by molar-refractivity contribution is -0.0543. The molecule has 0 aliphatic rings. The van der Waals surface area contributed by atoms with Gasteiger partial charge in [-0.25, -0.2) is 0 Å². The van der Waals surface area contributed by atoms with E-state index in [4.69, 9.17) is 0 Å². The molecule has 0 bridgehead atoms. The van der Waals surface area contributed by atoms with Gasteiger partial charge in [0.15, 0.2) is 8.39 Å². The molecule has 0 amide bonds. The molecule has 0 N–H and O–H groups in total. The van der Waals surface area contributed by atoms with E-state index in [0.29, 0.717) is 0 Å². The Labute approximate surface area is 93.2 Å². The molecule has 0 aliphatic carbocycles. The Morgan fingerprint density at radius 2 is 0.929 bits per heavy atom. The first-order valence-corrected chi connectivity index (χ1v) is 5.58. The van der Waals surface area contributed by atoms with E-state index in [9.17, 15) is 26.3 Å². The van der Waals surface area contributed by atoms with E-state index in [2.05, 4.69) is 24.4 Å². The van der Waals surface area contributed by atoms with Crippen LogP contribution in [0.15, 0.2) is 0 Å². The van der Waals surface area contributed by atoms with Gasteiger partial charge in [0.05, 0.1) is 0 Å². The summed E-state index contributed by atoms with van der Waals surface area (Å²) in [5.74, 6) is 0. The van der Waals surface area contributed by atoms with Gasteiger partial charge in [-0.2, -0.15) is 26.3 Å². The molecular weight excluding hydrogens is 290 g/mol. The van der Waals surface area contributed by atoms with E-state index in [1.165, 1.54) is 0 Å². The number of alkyl halides is 6. The Kier molecular flexibility index (Phi) is 5.16. The molecule has 0 nitrogen and oxygen atoms in total. The molecular formula is C4F6S4. The van der Waals surface area contributed by atoms with Crippen molar-refractivity contribution in [1.29, 1.82) is 0 Å². The van der Waals surface area contributed by atoms with Crippen LogP contribution in [0.5, 0.6) is 0 Å². The zero-order chi connectivity index (χ0) is 11.6. The van der Waals surface area contributed by atoms with Crippen molar-refractivity contribution < 1.29 is 26.3 Å². The molecule has 14 heavy (non-hydrogen) atoms. The summed E-state index contributed by atoms with van der Waals surface area (Å²) in [4.78, 5) is 0. The molecule has 0 saturated heterocycles. The molecule has 0 aromatic heterocycles. The van der Waals surface area contributed by atoms with Crippen molar-refractivity contribution in [3.05, 3.63) is 0 Å². The van der Waals surface area contributed by atoms with E-state index in [0.717, 1.165) is 0 Å². The van der Waals surface area contributed by atoms with E-state index in [1.54, 1.807) is 0 Å². The zero-order valence-corrected chi connectivity index (χ0v) is 9.17. The molecule has 0 aromatic rings. The largest absolute Gasteiger partial charge is 0.433 e. The van der Waals surface area contributed by atoms with Crippen molar-refractivity contribution in [2.24, 2.45) is 0 Å². The van der Waals surface area contributed by atoms with Crippen LogP contribution in [0.3, 0.4) is 0 Å². The average molecular weight is 290 g/mol. The summed E-state index contributed by atoms with van der Waals surface area (Å²) in [5, 5.41) is 0. The number of hydrogen-bond acceptors (Lipinski definition) is 4. The minimum absolute atomic E-state index is 0.220. The lowest BCUT2D eigenvalue weighted by Crippen LogP contribution is -2.19. The topological polar surface area (TPSA) is 0 Å². The van der Waals surface area contributed by atoms with Crippen LogP contribution in [0.4, 0.5) is 26.3 Å². The van der Waals surface area contributed by atoms with Crippen molar-refractivity contribution in [2.45, 2.75) is 12.4 Å². The van der Waals surface area contributed by atoms with Crippen LogP contribution in [0.2, 0.25) is 0 Å². The van der Waals surface area contributed by atoms with Crippen LogP contribution in [0.1, 0.15) is 0 Å². The van der Waals surface area contributed by atoms with Gasteiger partial charge in [-0.1, -0.05) is 24.4 Å². The quantitative estimate of drug-likeness (QED) is 0.373. The van der Waals surface area contributed by atoms with Gasteiger partial charge >= 0.3 is 12.4 Å². The van der Waals surface area contributed by atoms with Crippen LogP contribution in [0.25, 0.3) is 0 Å². The fourth-order valence-electron chi connectivity index (χ4n) is 0.170. The Morgan fingerprint density at radius 1 is 0.714 bits per heavy atom.